The first-order valence-electron chi connectivity index (χ1n) is 5.49. The normalized spacial score (nSPS) is 10.5. The van der Waals surface area contributed by atoms with Crippen LogP contribution in [0.25, 0.3) is 0 Å². The molecule has 0 spiro atoms. The molecule has 17 heavy (non-hydrogen) atoms. The smallest absolute Gasteiger partial charge is 0.105 e. The van der Waals surface area contributed by atoms with Gasteiger partial charge in [0, 0.05) is 17.4 Å². The molecule has 90 valence electrons. The maximum atomic E-state index is 5.89. The van der Waals surface area contributed by atoms with Gasteiger partial charge >= 0.3 is 0 Å². The van der Waals surface area contributed by atoms with Crippen LogP contribution in [0.2, 0.25) is 0 Å². The van der Waals surface area contributed by atoms with E-state index in [4.69, 9.17) is 10.2 Å². The van der Waals surface area contributed by atoms with E-state index in [1.807, 2.05) is 37.3 Å². The van der Waals surface area contributed by atoms with Gasteiger partial charge in [-0.3, -0.25) is 0 Å². The van der Waals surface area contributed by atoms with Gasteiger partial charge in [0.25, 0.3) is 0 Å². The molecule has 0 amide bonds. The fourth-order valence-electron chi connectivity index (χ4n) is 1.63. The molecule has 2 rings (SSSR count). The average molecular weight is 295 g/mol. The number of furan rings is 1. The molecular formula is C13H15BrN2O. The number of aryl methyl sites for hydroxylation is 1. The maximum Gasteiger partial charge on any atom is 0.105 e. The van der Waals surface area contributed by atoms with Crippen LogP contribution in [0.5, 0.6) is 0 Å². The average Bonchev–Trinajstić information content (AvgIpc) is 2.68. The van der Waals surface area contributed by atoms with Crippen LogP contribution < -0.4 is 11.1 Å². The Kier molecular flexibility index (Phi) is 3.74. The predicted molar refractivity (Wildman–Crippen MR) is 74.2 cm³/mol. The lowest BCUT2D eigenvalue weighted by Gasteiger charge is -2.08. The SMILES string of the molecule is Cc1ccc(CCNc2ccc(Br)cc2N)o1. The Morgan fingerprint density at radius 3 is 2.76 bits per heavy atom. The van der Waals surface area contributed by atoms with Crippen LogP contribution in [-0.2, 0) is 6.42 Å². The van der Waals surface area contributed by atoms with Gasteiger partial charge in [0.2, 0.25) is 0 Å². The predicted octanol–water partition coefficient (Wildman–Crippen LogP) is 3.59. The van der Waals surface area contributed by atoms with E-state index in [1.165, 1.54) is 0 Å². The standard InChI is InChI=1S/C13H15BrN2O/c1-9-2-4-11(17-9)6-7-16-13-5-3-10(14)8-12(13)15/h2-5,8,16H,6-7,15H2,1H3. The number of nitrogens with one attached hydrogen (secondary N) is 1. The fraction of sp³-hybridized carbons (Fsp3) is 0.231. The topological polar surface area (TPSA) is 51.2 Å². The molecule has 0 radical (unpaired) electrons. The van der Waals surface area contributed by atoms with Crippen LogP contribution >= 0.6 is 15.9 Å². The third-order valence-corrected chi connectivity index (χ3v) is 2.99. The molecule has 1 aromatic carbocycles. The van der Waals surface area contributed by atoms with Crippen molar-refractivity contribution in [3.05, 3.63) is 46.3 Å². The van der Waals surface area contributed by atoms with E-state index < -0.39 is 0 Å². The summed E-state index contributed by atoms with van der Waals surface area (Å²) in [5, 5.41) is 3.29. The van der Waals surface area contributed by atoms with Crippen molar-refractivity contribution in [3.63, 3.8) is 0 Å². The summed E-state index contributed by atoms with van der Waals surface area (Å²) in [4.78, 5) is 0. The molecule has 0 aliphatic rings. The first-order chi connectivity index (χ1) is 8.15. The Labute approximate surface area is 109 Å². The van der Waals surface area contributed by atoms with E-state index in [2.05, 4.69) is 21.2 Å². The fourth-order valence-corrected chi connectivity index (χ4v) is 2.01. The van der Waals surface area contributed by atoms with Crippen LogP contribution in [0.4, 0.5) is 11.4 Å². The highest BCUT2D eigenvalue weighted by atomic mass is 79.9. The highest BCUT2D eigenvalue weighted by molar-refractivity contribution is 9.10. The zero-order chi connectivity index (χ0) is 12.3. The van der Waals surface area contributed by atoms with Crippen molar-refractivity contribution in [1.29, 1.82) is 0 Å². The third-order valence-electron chi connectivity index (χ3n) is 2.50. The van der Waals surface area contributed by atoms with Gasteiger partial charge in [0.05, 0.1) is 11.4 Å². The third kappa shape index (κ3) is 3.27. The van der Waals surface area contributed by atoms with Crippen LogP contribution in [0.15, 0.2) is 39.2 Å². The lowest BCUT2D eigenvalue weighted by Crippen LogP contribution is -2.06. The lowest BCUT2D eigenvalue weighted by atomic mass is 10.2. The van der Waals surface area contributed by atoms with Crippen molar-refractivity contribution in [2.24, 2.45) is 0 Å². The van der Waals surface area contributed by atoms with Crippen molar-refractivity contribution in [3.8, 4) is 0 Å². The van der Waals surface area contributed by atoms with E-state index in [0.717, 1.165) is 40.3 Å². The van der Waals surface area contributed by atoms with Gasteiger partial charge in [-0.1, -0.05) is 15.9 Å². The number of anilines is 2. The summed E-state index contributed by atoms with van der Waals surface area (Å²) < 4.78 is 6.48. The number of nitrogens with two attached hydrogens (primary N) is 1. The second-order valence-corrected chi connectivity index (χ2v) is 4.84. The van der Waals surface area contributed by atoms with Crippen LogP contribution in [0.1, 0.15) is 11.5 Å². The summed E-state index contributed by atoms with van der Waals surface area (Å²) in [7, 11) is 0. The molecule has 2 aromatic rings. The molecule has 4 heteroatoms. The Hall–Kier alpha value is -1.42. The molecule has 1 heterocycles. The van der Waals surface area contributed by atoms with Crippen molar-refractivity contribution in [2.45, 2.75) is 13.3 Å². The molecule has 0 atom stereocenters. The molecule has 1 aromatic heterocycles. The first-order valence-corrected chi connectivity index (χ1v) is 6.28. The highest BCUT2D eigenvalue weighted by Gasteiger charge is 2.01. The lowest BCUT2D eigenvalue weighted by molar-refractivity contribution is 0.486. The van der Waals surface area contributed by atoms with E-state index in [-0.39, 0.29) is 0 Å². The number of nitrogen functional groups attached to an aromatic ring is 1. The molecular weight excluding hydrogens is 280 g/mol. The molecule has 3 nitrogen and oxygen atoms in total. The second-order valence-electron chi connectivity index (χ2n) is 3.92. The number of benzene rings is 1. The molecule has 0 saturated carbocycles. The monoisotopic (exact) mass is 294 g/mol. The van der Waals surface area contributed by atoms with E-state index in [1.54, 1.807) is 0 Å². The Balaban J connectivity index is 1.90. The minimum absolute atomic E-state index is 0.745. The number of rotatable bonds is 4. The Morgan fingerprint density at radius 1 is 1.29 bits per heavy atom. The zero-order valence-electron chi connectivity index (χ0n) is 9.66. The van der Waals surface area contributed by atoms with Gasteiger partial charge in [0.1, 0.15) is 11.5 Å². The van der Waals surface area contributed by atoms with Crippen molar-refractivity contribution in [2.75, 3.05) is 17.6 Å². The highest BCUT2D eigenvalue weighted by Crippen LogP contribution is 2.22. The summed E-state index contributed by atoms with van der Waals surface area (Å²) in [5.74, 6) is 1.94. The quantitative estimate of drug-likeness (QED) is 0.848. The summed E-state index contributed by atoms with van der Waals surface area (Å²) >= 11 is 3.38. The first kappa shape index (κ1) is 12.0. The van der Waals surface area contributed by atoms with Gasteiger partial charge in [-0.25, -0.2) is 0 Å². The van der Waals surface area contributed by atoms with E-state index >= 15 is 0 Å². The van der Waals surface area contributed by atoms with Crippen molar-refractivity contribution < 1.29 is 4.42 Å². The molecule has 0 fully saturated rings. The van der Waals surface area contributed by atoms with E-state index in [9.17, 15) is 0 Å². The number of hydrogen-bond donors (Lipinski definition) is 2. The van der Waals surface area contributed by atoms with Gasteiger partial charge in [0.15, 0.2) is 0 Å². The Morgan fingerprint density at radius 2 is 2.12 bits per heavy atom. The van der Waals surface area contributed by atoms with Gasteiger partial charge in [-0.05, 0) is 37.3 Å². The largest absolute Gasteiger partial charge is 0.466 e. The van der Waals surface area contributed by atoms with Crippen molar-refractivity contribution >= 4 is 27.3 Å². The molecule has 0 bridgehead atoms. The van der Waals surface area contributed by atoms with Gasteiger partial charge < -0.3 is 15.5 Å². The molecule has 0 unspecified atom stereocenters. The molecule has 0 aliphatic heterocycles. The molecule has 0 aliphatic carbocycles. The van der Waals surface area contributed by atoms with Crippen molar-refractivity contribution in [1.82, 2.24) is 0 Å². The van der Waals surface area contributed by atoms with Crippen LogP contribution in [0.3, 0.4) is 0 Å². The number of halogens is 1. The van der Waals surface area contributed by atoms with Crippen LogP contribution in [-0.4, -0.2) is 6.54 Å². The minimum atomic E-state index is 0.745. The minimum Gasteiger partial charge on any atom is -0.466 e. The molecule has 0 saturated heterocycles. The summed E-state index contributed by atoms with van der Waals surface area (Å²) in [5.41, 5.74) is 7.59. The maximum absolute atomic E-state index is 5.89. The van der Waals surface area contributed by atoms with Gasteiger partial charge in [-0.2, -0.15) is 0 Å². The Bertz CT molecular complexity index is 508. The van der Waals surface area contributed by atoms with Crippen LogP contribution in [0, 0.1) is 6.92 Å². The van der Waals surface area contributed by atoms with E-state index in [0.29, 0.717) is 0 Å². The summed E-state index contributed by atoms with van der Waals surface area (Å²) in [6.45, 7) is 2.75. The second kappa shape index (κ2) is 5.27. The summed E-state index contributed by atoms with van der Waals surface area (Å²) in [6, 6.07) is 9.80. The zero-order valence-corrected chi connectivity index (χ0v) is 11.3. The number of hydrogen-bond acceptors (Lipinski definition) is 3. The molecule has 3 N–H and O–H groups in total. The van der Waals surface area contributed by atoms with Gasteiger partial charge in [-0.15, -0.1) is 0 Å². The summed E-state index contributed by atoms with van der Waals surface area (Å²) in [6.07, 6.45) is 0.851.